The fraction of sp³-hybridized carbons (Fsp3) is 0.895. The smallest absolute Gasteiger partial charge is 0.290 e. The predicted octanol–water partition coefficient (Wildman–Crippen LogP) is 1.94. The van der Waals surface area contributed by atoms with Gasteiger partial charge in [0.1, 0.15) is 0 Å². The molecule has 0 radical (unpaired) electrons. The molecule has 2 aliphatic heterocycles. The Morgan fingerprint density at radius 1 is 1.12 bits per heavy atom. The Morgan fingerprint density at radius 2 is 1.76 bits per heavy atom. The summed E-state index contributed by atoms with van der Waals surface area (Å²) >= 11 is 0. The minimum Gasteiger partial charge on any atom is -0.483 e. The lowest BCUT2D eigenvalue weighted by molar-refractivity contribution is -0.125. The molecular formula is C19H35N3O3. The van der Waals surface area contributed by atoms with Gasteiger partial charge in [-0.25, -0.2) is 0 Å². The van der Waals surface area contributed by atoms with E-state index in [1.807, 2.05) is 0 Å². The lowest BCUT2D eigenvalue weighted by atomic mass is 9.89. The summed E-state index contributed by atoms with van der Waals surface area (Å²) in [5.74, 6) is 0.965. The van der Waals surface area contributed by atoms with Gasteiger partial charge in [0.2, 0.25) is 5.91 Å². The largest absolute Gasteiger partial charge is 0.483 e. The molecule has 144 valence electrons. The van der Waals surface area contributed by atoms with Gasteiger partial charge in [-0.3, -0.25) is 19.4 Å². The van der Waals surface area contributed by atoms with Gasteiger partial charge in [0.15, 0.2) is 0 Å². The van der Waals surface area contributed by atoms with Crippen LogP contribution in [-0.4, -0.2) is 72.1 Å². The molecule has 1 amide bonds. The Morgan fingerprint density at radius 3 is 2.40 bits per heavy atom. The molecule has 2 heterocycles. The van der Waals surface area contributed by atoms with Gasteiger partial charge in [-0.05, 0) is 45.1 Å². The molecule has 0 bridgehead atoms. The van der Waals surface area contributed by atoms with E-state index >= 15 is 0 Å². The molecule has 2 N–H and O–H groups in total. The molecule has 3 fully saturated rings. The van der Waals surface area contributed by atoms with Crippen LogP contribution in [0.15, 0.2) is 0 Å². The van der Waals surface area contributed by atoms with Gasteiger partial charge in [-0.15, -0.1) is 0 Å². The molecule has 0 aromatic rings. The Bertz CT molecular complexity index is 407. The molecule has 0 spiro atoms. The molecule has 1 aliphatic carbocycles. The first kappa shape index (κ1) is 20.2. The van der Waals surface area contributed by atoms with E-state index < -0.39 is 0 Å². The first-order valence-corrected chi connectivity index (χ1v) is 9.96. The maximum atomic E-state index is 12.1. The SMILES string of the molecule is CC1CCCCN1C1CN(CC(=O)NCC2CCCCC2)C1.O=CO. The Labute approximate surface area is 151 Å². The molecular weight excluding hydrogens is 318 g/mol. The fourth-order valence-electron chi connectivity index (χ4n) is 4.45. The number of nitrogens with one attached hydrogen (secondary N) is 1. The van der Waals surface area contributed by atoms with E-state index in [0.717, 1.165) is 31.6 Å². The Hall–Kier alpha value is -1.14. The van der Waals surface area contributed by atoms with Crippen molar-refractivity contribution in [1.29, 1.82) is 0 Å². The van der Waals surface area contributed by atoms with Crippen LogP contribution < -0.4 is 5.32 Å². The third kappa shape index (κ3) is 6.59. The van der Waals surface area contributed by atoms with Crippen LogP contribution in [0.25, 0.3) is 0 Å². The van der Waals surface area contributed by atoms with Crippen molar-refractivity contribution in [2.45, 2.75) is 70.4 Å². The van der Waals surface area contributed by atoms with Crippen LogP contribution in [0, 0.1) is 5.92 Å². The van der Waals surface area contributed by atoms with E-state index in [4.69, 9.17) is 9.90 Å². The van der Waals surface area contributed by atoms with Crippen molar-refractivity contribution in [3.05, 3.63) is 0 Å². The number of piperidine rings is 1. The zero-order valence-electron chi connectivity index (χ0n) is 15.7. The van der Waals surface area contributed by atoms with Crippen LogP contribution in [0.3, 0.4) is 0 Å². The van der Waals surface area contributed by atoms with Gasteiger partial charge in [0.25, 0.3) is 6.47 Å². The monoisotopic (exact) mass is 353 g/mol. The Kier molecular flexibility index (Phi) is 8.68. The van der Waals surface area contributed by atoms with E-state index in [0.29, 0.717) is 12.6 Å². The predicted molar refractivity (Wildman–Crippen MR) is 98.5 cm³/mol. The molecule has 2 saturated heterocycles. The molecule has 3 aliphatic rings. The lowest BCUT2D eigenvalue weighted by Gasteiger charge is -2.49. The second-order valence-corrected chi connectivity index (χ2v) is 7.84. The molecule has 25 heavy (non-hydrogen) atoms. The second kappa shape index (κ2) is 10.8. The standard InChI is InChI=1S/C18H33N3O.CH2O2/c1-15-7-5-6-10-21(15)17-12-20(13-17)14-18(22)19-11-16-8-3-2-4-9-16;2-1-3/h15-17H,2-14H2,1H3,(H,19,22);1H,(H,2,3). The van der Waals surface area contributed by atoms with Crippen LogP contribution in [0.4, 0.5) is 0 Å². The topological polar surface area (TPSA) is 72.9 Å². The fourth-order valence-corrected chi connectivity index (χ4v) is 4.45. The van der Waals surface area contributed by atoms with Crippen molar-refractivity contribution in [1.82, 2.24) is 15.1 Å². The number of amides is 1. The number of likely N-dealkylation sites (tertiary alicyclic amines) is 2. The number of hydrogen-bond donors (Lipinski definition) is 2. The summed E-state index contributed by atoms with van der Waals surface area (Å²) in [5.41, 5.74) is 0. The van der Waals surface area contributed by atoms with Crippen molar-refractivity contribution in [2.24, 2.45) is 5.92 Å². The highest BCUT2D eigenvalue weighted by Crippen LogP contribution is 2.24. The summed E-state index contributed by atoms with van der Waals surface area (Å²) in [7, 11) is 0. The van der Waals surface area contributed by atoms with Crippen molar-refractivity contribution in [3.63, 3.8) is 0 Å². The van der Waals surface area contributed by atoms with Gasteiger partial charge in [0.05, 0.1) is 6.54 Å². The maximum absolute atomic E-state index is 12.1. The van der Waals surface area contributed by atoms with Crippen LogP contribution >= 0.6 is 0 Å². The van der Waals surface area contributed by atoms with Gasteiger partial charge < -0.3 is 10.4 Å². The highest BCUT2D eigenvalue weighted by molar-refractivity contribution is 5.78. The summed E-state index contributed by atoms with van der Waals surface area (Å²) in [6.45, 7) is 7.04. The normalized spacial score (nSPS) is 26.2. The molecule has 0 aromatic heterocycles. The first-order chi connectivity index (χ1) is 12.1. The molecule has 1 atom stereocenters. The van der Waals surface area contributed by atoms with Gasteiger partial charge in [0, 0.05) is 31.7 Å². The van der Waals surface area contributed by atoms with Crippen molar-refractivity contribution in [3.8, 4) is 0 Å². The van der Waals surface area contributed by atoms with E-state index in [1.54, 1.807) is 0 Å². The number of carboxylic acid groups (broad SMARTS) is 1. The summed E-state index contributed by atoms with van der Waals surface area (Å²) in [6.07, 6.45) is 10.8. The molecule has 0 aromatic carbocycles. The number of rotatable bonds is 5. The van der Waals surface area contributed by atoms with E-state index in [-0.39, 0.29) is 12.4 Å². The summed E-state index contributed by atoms with van der Waals surface area (Å²) < 4.78 is 0. The van der Waals surface area contributed by atoms with Crippen LogP contribution in [0.5, 0.6) is 0 Å². The molecule has 1 saturated carbocycles. The minimum absolute atomic E-state index is 0.232. The molecule has 6 nitrogen and oxygen atoms in total. The summed E-state index contributed by atoms with van der Waals surface area (Å²) in [4.78, 5) is 25.4. The maximum Gasteiger partial charge on any atom is 0.290 e. The van der Waals surface area contributed by atoms with Crippen LogP contribution in [0.1, 0.15) is 58.3 Å². The highest BCUT2D eigenvalue weighted by atomic mass is 16.3. The number of nitrogens with zero attached hydrogens (tertiary/aromatic N) is 2. The van der Waals surface area contributed by atoms with Crippen LogP contribution in [-0.2, 0) is 9.59 Å². The van der Waals surface area contributed by atoms with Gasteiger partial charge >= 0.3 is 0 Å². The Balaban J connectivity index is 0.000000701. The highest BCUT2D eigenvalue weighted by Gasteiger charge is 2.35. The third-order valence-electron chi connectivity index (χ3n) is 5.94. The van der Waals surface area contributed by atoms with Crippen molar-refractivity contribution in [2.75, 3.05) is 32.7 Å². The quantitative estimate of drug-likeness (QED) is 0.739. The average Bonchev–Trinajstić information content (AvgIpc) is 2.58. The number of carbonyl (C=O) groups excluding carboxylic acids is 1. The summed E-state index contributed by atoms with van der Waals surface area (Å²) in [5, 5.41) is 10.0. The van der Waals surface area contributed by atoms with Gasteiger partial charge in [-0.2, -0.15) is 0 Å². The van der Waals surface area contributed by atoms with E-state index in [9.17, 15) is 4.79 Å². The van der Waals surface area contributed by atoms with E-state index in [1.165, 1.54) is 57.9 Å². The third-order valence-corrected chi connectivity index (χ3v) is 5.94. The number of carbonyl (C=O) groups is 2. The lowest BCUT2D eigenvalue weighted by Crippen LogP contribution is -2.63. The summed E-state index contributed by atoms with van der Waals surface area (Å²) in [6, 6.07) is 1.43. The zero-order valence-corrected chi connectivity index (χ0v) is 15.7. The van der Waals surface area contributed by atoms with Crippen molar-refractivity contribution >= 4 is 12.4 Å². The molecule has 6 heteroatoms. The minimum atomic E-state index is -0.250. The number of hydrogen-bond acceptors (Lipinski definition) is 4. The zero-order chi connectivity index (χ0) is 18.1. The van der Waals surface area contributed by atoms with Crippen LogP contribution in [0.2, 0.25) is 0 Å². The molecule has 3 rings (SSSR count). The molecule has 1 unspecified atom stereocenters. The van der Waals surface area contributed by atoms with E-state index in [2.05, 4.69) is 22.0 Å². The van der Waals surface area contributed by atoms with Crippen molar-refractivity contribution < 1.29 is 14.7 Å². The second-order valence-electron chi connectivity index (χ2n) is 7.84. The first-order valence-electron chi connectivity index (χ1n) is 9.96. The van der Waals surface area contributed by atoms with Gasteiger partial charge in [-0.1, -0.05) is 25.7 Å². The average molecular weight is 354 g/mol.